The molecule has 32 heavy (non-hydrogen) atoms. The van der Waals surface area contributed by atoms with Gasteiger partial charge in [0.05, 0.1) is 24.4 Å². The van der Waals surface area contributed by atoms with Crippen LogP contribution in [-0.2, 0) is 0 Å². The number of aromatic nitrogens is 2. The number of rotatable bonds is 6. The molecule has 1 fully saturated rings. The molecule has 3 aromatic rings. The Morgan fingerprint density at radius 1 is 1.25 bits per heavy atom. The van der Waals surface area contributed by atoms with E-state index in [2.05, 4.69) is 71.4 Å². The van der Waals surface area contributed by atoms with Gasteiger partial charge in [-0.25, -0.2) is 9.97 Å². The van der Waals surface area contributed by atoms with Crippen LogP contribution in [0, 0.1) is 12.5 Å². The number of piperidine rings is 1. The monoisotopic (exact) mass is 658 g/mol. The molecule has 1 aromatic heterocycles. The number of benzene rings is 2. The van der Waals surface area contributed by atoms with Crippen molar-refractivity contribution in [3.8, 4) is 11.5 Å². The fraction of sp³-hybridized carbons (Fsp3) is 0.318. The molecule has 2 aromatic carbocycles. The first-order valence-corrected chi connectivity index (χ1v) is 12.3. The van der Waals surface area contributed by atoms with Crippen molar-refractivity contribution in [3.63, 3.8) is 0 Å². The molecule has 4 N–H and O–H groups in total. The Hall–Kier alpha value is -1.93. The molecule has 168 valence electrons. The number of ether oxygens (including phenoxy) is 2. The predicted molar refractivity (Wildman–Crippen MR) is 143 cm³/mol. The van der Waals surface area contributed by atoms with Crippen LogP contribution in [0.2, 0.25) is 0 Å². The zero-order valence-electron chi connectivity index (χ0n) is 17.7. The number of amidine groups is 1. The molecule has 0 spiro atoms. The van der Waals surface area contributed by atoms with Crippen LogP contribution >= 0.6 is 45.2 Å². The summed E-state index contributed by atoms with van der Waals surface area (Å²) in [5, 5.41) is 12.2. The predicted octanol–water partition coefficient (Wildman–Crippen LogP) is 4.37. The fourth-order valence-electron chi connectivity index (χ4n) is 3.84. The summed E-state index contributed by atoms with van der Waals surface area (Å²) in [4.78, 5) is 11.0. The van der Waals surface area contributed by atoms with Crippen LogP contribution in [0.25, 0.3) is 10.9 Å². The zero-order chi connectivity index (χ0) is 22.8. The van der Waals surface area contributed by atoms with Gasteiger partial charge in [0.1, 0.15) is 24.1 Å². The molecule has 2 heterocycles. The van der Waals surface area contributed by atoms with Gasteiger partial charge in [0.15, 0.2) is 11.5 Å². The number of anilines is 2. The number of halogens is 2. The van der Waals surface area contributed by atoms with E-state index >= 15 is 0 Å². The highest BCUT2D eigenvalue weighted by molar-refractivity contribution is 14.1. The third-order valence-electron chi connectivity index (χ3n) is 5.60. The SMILES string of the molecule is COc1cc2ncnc(Nc3cccc(I)c3I)c2cc1OC1CCN(C)C(C(=N)N)C1. The summed E-state index contributed by atoms with van der Waals surface area (Å²) in [7, 11) is 3.61. The number of likely N-dealkylation sites (N-methyl/N-ethyl adjacent to an activating group) is 1. The van der Waals surface area contributed by atoms with Gasteiger partial charge in [0.2, 0.25) is 0 Å². The van der Waals surface area contributed by atoms with Crippen molar-refractivity contribution in [2.45, 2.75) is 25.0 Å². The topological polar surface area (TPSA) is 109 Å². The summed E-state index contributed by atoms with van der Waals surface area (Å²) in [6.45, 7) is 0.811. The Labute approximate surface area is 214 Å². The minimum atomic E-state index is -0.122. The summed E-state index contributed by atoms with van der Waals surface area (Å²) >= 11 is 4.65. The number of fused-ring (bicyclic) bond motifs is 1. The molecule has 2 unspecified atom stereocenters. The number of hydrogen-bond donors (Lipinski definition) is 3. The minimum absolute atomic E-state index is 0.0656. The van der Waals surface area contributed by atoms with Crippen molar-refractivity contribution in [2.24, 2.45) is 5.73 Å². The Kier molecular flexibility index (Phi) is 7.20. The first-order valence-electron chi connectivity index (χ1n) is 10.1. The molecule has 0 radical (unpaired) electrons. The van der Waals surface area contributed by atoms with E-state index in [0.717, 1.165) is 33.1 Å². The highest BCUT2D eigenvalue weighted by Crippen LogP contribution is 2.37. The average Bonchev–Trinajstić information content (AvgIpc) is 2.78. The zero-order valence-corrected chi connectivity index (χ0v) is 22.0. The van der Waals surface area contributed by atoms with Gasteiger partial charge in [-0.2, -0.15) is 0 Å². The maximum atomic E-state index is 7.87. The maximum Gasteiger partial charge on any atom is 0.162 e. The first-order chi connectivity index (χ1) is 15.4. The van der Waals surface area contributed by atoms with Crippen molar-refractivity contribution in [3.05, 3.63) is 43.8 Å². The molecular formula is C22H24I2N6O2. The third-order valence-corrected chi connectivity index (χ3v) is 8.69. The Morgan fingerprint density at radius 2 is 2.06 bits per heavy atom. The molecule has 1 saturated heterocycles. The Bertz CT molecular complexity index is 1160. The number of hydrogen-bond acceptors (Lipinski definition) is 7. The molecule has 0 bridgehead atoms. The van der Waals surface area contributed by atoms with Gasteiger partial charge >= 0.3 is 0 Å². The lowest BCUT2D eigenvalue weighted by molar-refractivity contribution is 0.0927. The second kappa shape index (κ2) is 9.91. The number of nitrogens with one attached hydrogen (secondary N) is 2. The molecule has 10 heteroatoms. The van der Waals surface area contributed by atoms with E-state index in [4.69, 9.17) is 20.6 Å². The Morgan fingerprint density at radius 3 is 2.81 bits per heavy atom. The van der Waals surface area contributed by atoms with E-state index in [1.54, 1.807) is 13.4 Å². The fourth-order valence-corrected chi connectivity index (χ4v) is 4.84. The van der Waals surface area contributed by atoms with Crippen molar-refractivity contribution >= 4 is 73.4 Å². The highest BCUT2D eigenvalue weighted by atomic mass is 127. The van der Waals surface area contributed by atoms with Gasteiger partial charge in [-0.05, 0) is 76.8 Å². The van der Waals surface area contributed by atoms with Crippen LogP contribution in [0.3, 0.4) is 0 Å². The third kappa shape index (κ3) is 4.86. The molecule has 1 aliphatic heterocycles. The molecule has 0 saturated carbocycles. The lowest BCUT2D eigenvalue weighted by Crippen LogP contribution is -2.50. The van der Waals surface area contributed by atoms with Gasteiger partial charge in [0.25, 0.3) is 0 Å². The quantitative estimate of drug-likeness (QED) is 0.205. The molecule has 1 aliphatic rings. The van der Waals surface area contributed by atoms with Crippen LogP contribution in [0.5, 0.6) is 11.5 Å². The average molecular weight is 658 g/mol. The largest absolute Gasteiger partial charge is 0.493 e. The minimum Gasteiger partial charge on any atom is -0.493 e. The lowest BCUT2D eigenvalue weighted by Gasteiger charge is -2.36. The Balaban J connectivity index is 1.68. The number of likely N-dealkylation sites (tertiary alicyclic amines) is 1. The van der Waals surface area contributed by atoms with Crippen molar-refractivity contribution in [2.75, 3.05) is 26.0 Å². The summed E-state index contributed by atoms with van der Waals surface area (Å²) in [5.74, 6) is 2.11. The molecule has 0 amide bonds. The normalized spacial score (nSPS) is 19.0. The van der Waals surface area contributed by atoms with E-state index in [1.807, 2.05) is 31.3 Å². The van der Waals surface area contributed by atoms with E-state index in [-0.39, 0.29) is 18.0 Å². The second-order valence-corrected chi connectivity index (χ2v) is 9.93. The van der Waals surface area contributed by atoms with Gasteiger partial charge < -0.3 is 20.5 Å². The highest BCUT2D eigenvalue weighted by Gasteiger charge is 2.30. The number of nitrogens with zero attached hydrogens (tertiary/aromatic N) is 3. The summed E-state index contributed by atoms with van der Waals surface area (Å²) in [6.07, 6.45) is 2.98. The molecule has 8 nitrogen and oxygen atoms in total. The summed E-state index contributed by atoms with van der Waals surface area (Å²) < 4.78 is 14.3. The van der Waals surface area contributed by atoms with Crippen molar-refractivity contribution < 1.29 is 9.47 Å². The van der Waals surface area contributed by atoms with Gasteiger partial charge in [-0.3, -0.25) is 10.3 Å². The molecule has 4 rings (SSSR count). The molecule has 2 atom stereocenters. The lowest BCUT2D eigenvalue weighted by atomic mass is 9.99. The van der Waals surface area contributed by atoms with Crippen LogP contribution in [0.15, 0.2) is 36.7 Å². The van der Waals surface area contributed by atoms with Crippen molar-refractivity contribution in [1.82, 2.24) is 14.9 Å². The smallest absolute Gasteiger partial charge is 0.162 e. The molecule has 0 aliphatic carbocycles. The van der Waals surface area contributed by atoms with E-state index in [1.165, 1.54) is 3.57 Å². The molecular weight excluding hydrogens is 634 g/mol. The standard InChI is InChI=1S/C22H24I2N6O2/c1-30-7-6-12(8-17(30)21(25)26)32-19-9-13-16(10-18(19)31-2)27-11-28-22(13)29-15-5-3-4-14(23)20(15)24/h3-5,9-12,17H,6-8H2,1-2H3,(H3,25,26)(H,27,28,29). The summed E-state index contributed by atoms with van der Waals surface area (Å²) in [6, 6.07) is 9.78. The van der Waals surface area contributed by atoms with Gasteiger partial charge in [0, 0.05) is 31.6 Å². The number of nitrogens with two attached hydrogens (primary N) is 1. The van der Waals surface area contributed by atoms with Crippen LogP contribution in [0.4, 0.5) is 11.5 Å². The number of methoxy groups -OCH3 is 1. The van der Waals surface area contributed by atoms with Crippen LogP contribution in [0.1, 0.15) is 12.8 Å². The van der Waals surface area contributed by atoms with Crippen LogP contribution in [-0.4, -0.2) is 53.6 Å². The first kappa shape index (κ1) is 23.2. The van der Waals surface area contributed by atoms with Gasteiger partial charge in [-0.1, -0.05) is 6.07 Å². The van der Waals surface area contributed by atoms with E-state index < -0.39 is 0 Å². The van der Waals surface area contributed by atoms with Crippen LogP contribution < -0.4 is 20.5 Å². The van der Waals surface area contributed by atoms with Gasteiger partial charge in [-0.15, -0.1) is 0 Å². The summed E-state index contributed by atoms with van der Waals surface area (Å²) in [5.41, 5.74) is 7.54. The second-order valence-electron chi connectivity index (χ2n) is 7.68. The van der Waals surface area contributed by atoms with Crippen molar-refractivity contribution in [1.29, 1.82) is 5.41 Å². The maximum absolute atomic E-state index is 7.87. The van der Waals surface area contributed by atoms with E-state index in [9.17, 15) is 0 Å². The van der Waals surface area contributed by atoms with E-state index in [0.29, 0.717) is 23.7 Å².